The number of hydrogen-bond donors (Lipinski definition) is 1. The van der Waals surface area contributed by atoms with E-state index in [4.69, 9.17) is 4.74 Å². The summed E-state index contributed by atoms with van der Waals surface area (Å²) >= 11 is 0. The van der Waals surface area contributed by atoms with Crippen LogP contribution in [0.1, 0.15) is 29.8 Å². The second kappa shape index (κ2) is 7.31. The number of fused-ring (bicyclic) bond motifs is 2. The maximum Gasteiger partial charge on any atom is 0.254 e. The first kappa shape index (κ1) is 17.3. The summed E-state index contributed by atoms with van der Waals surface area (Å²) in [6.07, 6.45) is 6.22. The highest BCUT2D eigenvalue weighted by atomic mass is 16.5. The van der Waals surface area contributed by atoms with E-state index in [-0.39, 0.29) is 0 Å². The van der Waals surface area contributed by atoms with Gasteiger partial charge in [-0.1, -0.05) is 0 Å². The summed E-state index contributed by atoms with van der Waals surface area (Å²) in [5.41, 5.74) is 3.41. The van der Waals surface area contributed by atoms with Gasteiger partial charge >= 0.3 is 0 Å². The Bertz CT molecular complexity index is 981. The van der Waals surface area contributed by atoms with Gasteiger partial charge in [-0.25, -0.2) is 4.98 Å². The van der Waals surface area contributed by atoms with Crippen LogP contribution in [0, 0.1) is 5.92 Å². The largest absolute Gasteiger partial charge is 0.378 e. The highest BCUT2D eigenvalue weighted by Gasteiger charge is 2.29. The molecule has 0 atom stereocenters. The molecule has 4 heterocycles. The Labute approximate surface area is 163 Å². The highest BCUT2D eigenvalue weighted by Crippen LogP contribution is 2.27. The lowest BCUT2D eigenvalue weighted by Gasteiger charge is -2.40. The van der Waals surface area contributed by atoms with Crippen LogP contribution in [0.5, 0.6) is 0 Å². The van der Waals surface area contributed by atoms with Crippen molar-refractivity contribution in [2.75, 3.05) is 37.0 Å². The molecule has 1 N–H and O–H groups in total. The van der Waals surface area contributed by atoms with Gasteiger partial charge in [0.15, 0.2) is 5.82 Å². The predicted octanol–water partition coefficient (Wildman–Crippen LogP) is 1.49. The summed E-state index contributed by atoms with van der Waals surface area (Å²) in [6.45, 7) is 3.28. The van der Waals surface area contributed by atoms with E-state index in [0.29, 0.717) is 18.3 Å². The average Bonchev–Trinajstić information content (AvgIpc) is 3.15. The van der Waals surface area contributed by atoms with Gasteiger partial charge in [0.1, 0.15) is 12.1 Å². The molecule has 0 amide bonds. The molecular formula is C19H24N8O. The Morgan fingerprint density at radius 2 is 2.07 bits per heavy atom. The molecule has 5 rings (SSSR count). The second-order valence-electron chi connectivity index (χ2n) is 7.57. The lowest BCUT2D eigenvalue weighted by atomic mass is 9.95. The molecule has 0 bridgehead atoms. The van der Waals surface area contributed by atoms with Crippen LogP contribution in [0.25, 0.3) is 5.78 Å². The maximum absolute atomic E-state index is 5.20. The van der Waals surface area contributed by atoms with Crippen LogP contribution >= 0.6 is 0 Å². The molecule has 28 heavy (non-hydrogen) atoms. The van der Waals surface area contributed by atoms with Crippen LogP contribution in [-0.2, 0) is 24.2 Å². The smallest absolute Gasteiger partial charge is 0.254 e. The number of aromatic nitrogens is 6. The molecule has 1 fully saturated rings. The minimum atomic E-state index is 0.451. The molecule has 3 aromatic heterocycles. The van der Waals surface area contributed by atoms with Crippen LogP contribution in [0.3, 0.4) is 0 Å². The van der Waals surface area contributed by atoms with Crippen molar-refractivity contribution in [1.82, 2.24) is 29.8 Å². The monoisotopic (exact) mass is 380 g/mol. The second-order valence-corrected chi connectivity index (χ2v) is 7.57. The van der Waals surface area contributed by atoms with E-state index in [1.165, 1.54) is 30.4 Å². The van der Waals surface area contributed by atoms with Gasteiger partial charge in [0.25, 0.3) is 5.78 Å². The normalized spacial score (nSPS) is 16.8. The van der Waals surface area contributed by atoms with Crippen LogP contribution in [0.4, 0.5) is 11.6 Å². The van der Waals surface area contributed by atoms with Gasteiger partial charge < -0.3 is 15.0 Å². The van der Waals surface area contributed by atoms with Crippen LogP contribution in [0.15, 0.2) is 18.5 Å². The van der Waals surface area contributed by atoms with Crippen molar-refractivity contribution in [1.29, 1.82) is 0 Å². The molecule has 0 aromatic carbocycles. The molecule has 0 unspecified atom stereocenters. The Kier molecular flexibility index (Phi) is 4.52. The first-order valence-corrected chi connectivity index (χ1v) is 9.83. The Morgan fingerprint density at radius 1 is 1.18 bits per heavy atom. The topological polar surface area (TPSA) is 93.4 Å². The Hall–Kier alpha value is -2.81. The SMILES string of the molecule is COCc1cc(NCC2CN(c3cc4c(nn3)CCCC4)C2)n2ncnc2n1. The van der Waals surface area contributed by atoms with Crippen molar-refractivity contribution in [3.05, 3.63) is 35.4 Å². The van der Waals surface area contributed by atoms with Gasteiger partial charge in [0.2, 0.25) is 0 Å². The van der Waals surface area contributed by atoms with E-state index < -0.39 is 0 Å². The van der Waals surface area contributed by atoms with Gasteiger partial charge in [-0.2, -0.15) is 19.7 Å². The molecule has 0 spiro atoms. The quantitative estimate of drug-likeness (QED) is 0.687. The highest BCUT2D eigenvalue weighted by molar-refractivity contribution is 5.47. The summed E-state index contributed by atoms with van der Waals surface area (Å²) < 4.78 is 6.93. The number of anilines is 2. The van der Waals surface area contributed by atoms with Gasteiger partial charge in [-0.15, -0.1) is 5.10 Å². The molecule has 146 valence electrons. The minimum absolute atomic E-state index is 0.451. The van der Waals surface area contributed by atoms with Crippen LogP contribution in [0.2, 0.25) is 0 Å². The van der Waals surface area contributed by atoms with Gasteiger partial charge in [0, 0.05) is 38.7 Å². The third kappa shape index (κ3) is 3.26. The molecule has 1 saturated heterocycles. The summed E-state index contributed by atoms with van der Waals surface area (Å²) in [5.74, 6) is 3.04. The van der Waals surface area contributed by atoms with E-state index in [1.807, 2.05) is 6.07 Å². The maximum atomic E-state index is 5.20. The summed E-state index contributed by atoms with van der Waals surface area (Å²) in [7, 11) is 1.66. The van der Waals surface area contributed by atoms with Crippen LogP contribution in [-0.4, -0.2) is 56.5 Å². The zero-order chi connectivity index (χ0) is 18.9. The molecule has 3 aromatic rings. The summed E-state index contributed by atoms with van der Waals surface area (Å²) in [4.78, 5) is 10.9. The lowest BCUT2D eigenvalue weighted by molar-refractivity contribution is 0.181. The van der Waals surface area contributed by atoms with Crippen molar-refractivity contribution in [2.45, 2.75) is 32.3 Å². The average molecular weight is 380 g/mol. The van der Waals surface area contributed by atoms with E-state index >= 15 is 0 Å². The predicted molar refractivity (Wildman–Crippen MR) is 104 cm³/mol. The number of rotatable bonds is 6. The molecule has 1 aliphatic carbocycles. The number of ether oxygens (including phenoxy) is 1. The fourth-order valence-electron chi connectivity index (χ4n) is 3.98. The molecule has 9 heteroatoms. The molecule has 0 radical (unpaired) electrons. The van der Waals surface area contributed by atoms with Gasteiger partial charge in [-0.3, -0.25) is 0 Å². The van der Waals surface area contributed by atoms with Crippen LogP contribution < -0.4 is 10.2 Å². The number of nitrogens with zero attached hydrogens (tertiary/aromatic N) is 7. The van der Waals surface area contributed by atoms with Crippen molar-refractivity contribution in [3.63, 3.8) is 0 Å². The lowest BCUT2D eigenvalue weighted by Crippen LogP contribution is -2.50. The minimum Gasteiger partial charge on any atom is -0.378 e. The summed E-state index contributed by atoms with van der Waals surface area (Å²) in [6, 6.07) is 4.21. The molecular weight excluding hydrogens is 356 g/mol. The van der Waals surface area contributed by atoms with E-state index in [1.54, 1.807) is 11.6 Å². The standard InChI is InChI=1S/C19H24N8O/c1-28-11-15-7-17(27-19(23-15)21-12-22-27)20-8-13-9-26(10-13)18-6-14-4-2-3-5-16(14)24-25-18/h6-7,12-13,20H,2-5,8-11H2,1H3. The number of methoxy groups -OCH3 is 1. The van der Waals surface area contributed by atoms with Gasteiger partial charge in [0.05, 0.1) is 18.0 Å². The molecule has 0 saturated carbocycles. The molecule has 1 aliphatic heterocycles. The van der Waals surface area contributed by atoms with Gasteiger partial charge in [-0.05, 0) is 37.3 Å². The fourth-order valence-corrected chi connectivity index (χ4v) is 3.98. The van der Waals surface area contributed by atoms with E-state index in [2.05, 4.69) is 41.5 Å². The molecule has 9 nitrogen and oxygen atoms in total. The van der Waals surface area contributed by atoms with Crippen molar-refractivity contribution in [3.8, 4) is 0 Å². The third-order valence-electron chi connectivity index (χ3n) is 5.51. The first-order chi connectivity index (χ1) is 13.8. The summed E-state index contributed by atoms with van der Waals surface area (Å²) in [5, 5.41) is 16.7. The number of nitrogens with one attached hydrogen (secondary N) is 1. The zero-order valence-electron chi connectivity index (χ0n) is 16.0. The van der Waals surface area contributed by atoms with Crippen molar-refractivity contribution < 1.29 is 4.74 Å². The first-order valence-electron chi connectivity index (χ1n) is 9.83. The Morgan fingerprint density at radius 3 is 2.96 bits per heavy atom. The van der Waals surface area contributed by atoms with Crippen molar-refractivity contribution in [2.24, 2.45) is 5.92 Å². The third-order valence-corrected chi connectivity index (χ3v) is 5.51. The van der Waals surface area contributed by atoms with E-state index in [9.17, 15) is 0 Å². The fraction of sp³-hybridized carbons (Fsp3) is 0.526. The zero-order valence-corrected chi connectivity index (χ0v) is 16.0. The van der Waals surface area contributed by atoms with E-state index in [0.717, 1.165) is 49.8 Å². The Balaban J connectivity index is 1.22. The number of hydrogen-bond acceptors (Lipinski definition) is 8. The van der Waals surface area contributed by atoms with Crippen molar-refractivity contribution >= 4 is 17.4 Å². The molecule has 2 aliphatic rings. The number of aryl methyl sites for hydroxylation is 2.